The van der Waals surface area contributed by atoms with E-state index < -0.39 is 53.1 Å². The van der Waals surface area contributed by atoms with E-state index in [1.807, 2.05) is 57.2 Å². The second kappa shape index (κ2) is 10.8. The standard InChI is InChI=1S/C30H37N3O7/c1-29(2,3)33-15-9-14-30-24(26(36)32(16-17-34)25(30)27(33)37)23-20(40-30)12-7-8-13-22(35)31-18-21(39-28(23)38)19-10-5-4-6-11-19/h4-7,9-12,14,20-21,23-25,34H,8,13,15-18H2,1-3H3,(H,31,35)/b12-7-/t20-,21+,23+,24+,25-,30+/m1/s1. The van der Waals surface area contributed by atoms with Crippen LogP contribution in [0.5, 0.6) is 0 Å². The second-order valence-corrected chi connectivity index (χ2v) is 11.7. The summed E-state index contributed by atoms with van der Waals surface area (Å²) in [7, 11) is 0. The van der Waals surface area contributed by atoms with Crippen LogP contribution in [0.25, 0.3) is 0 Å². The maximum absolute atomic E-state index is 14.1. The number of allylic oxidation sites excluding steroid dienone is 1. The Labute approximate surface area is 234 Å². The molecule has 1 aromatic carbocycles. The van der Waals surface area contributed by atoms with E-state index in [4.69, 9.17) is 9.47 Å². The number of hydrogen-bond acceptors (Lipinski definition) is 7. The topological polar surface area (TPSA) is 125 Å². The van der Waals surface area contributed by atoms with E-state index >= 15 is 0 Å². The van der Waals surface area contributed by atoms with Crippen molar-refractivity contribution in [3.63, 3.8) is 0 Å². The van der Waals surface area contributed by atoms with E-state index in [9.17, 15) is 24.3 Å². The molecule has 214 valence electrons. The summed E-state index contributed by atoms with van der Waals surface area (Å²) >= 11 is 0. The first-order valence-corrected chi connectivity index (χ1v) is 13.9. The van der Waals surface area contributed by atoms with Gasteiger partial charge in [-0.1, -0.05) is 54.6 Å². The summed E-state index contributed by atoms with van der Waals surface area (Å²) in [4.78, 5) is 57.6. The Bertz CT molecular complexity index is 1220. The molecule has 10 nitrogen and oxygen atoms in total. The van der Waals surface area contributed by atoms with Crippen molar-refractivity contribution in [2.45, 2.75) is 63.0 Å². The summed E-state index contributed by atoms with van der Waals surface area (Å²) in [6, 6.07) is 8.06. The summed E-state index contributed by atoms with van der Waals surface area (Å²) < 4.78 is 12.6. The maximum Gasteiger partial charge on any atom is 0.313 e. The molecule has 0 aromatic heterocycles. The van der Waals surface area contributed by atoms with Crippen molar-refractivity contribution < 1.29 is 33.8 Å². The molecule has 4 aliphatic heterocycles. The van der Waals surface area contributed by atoms with Gasteiger partial charge in [-0.25, -0.2) is 0 Å². The number of nitrogens with one attached hydrogen (secondary N) is 1. The molecule has 0 bridgehead atoms. The molecule has 5 rings (SSSR count). The molecule has 1 aromatic rings. The van der Waals surface area contributed by atoms with Crippen molar-refractivity contribution in [1.29, 1.82) is 0 Å². The first-order chi connectivity index (χ1) is 19.1. The van der Waals surface area contributed by atoms with Gasteiger partial charge in [-0.3, -0.25) is 19.2 Å². The summed E-state index contributed by atoms with van der Waals surface area (Å²) in [5.41, 5.74) is -1.25. The van der Waals surface area contributed by atoms with E-state index in [-0.39, 0.29) is 37.9 Å². The molecule has 4 heterocycles. The molecule has 2 N–H and O–H groups in total. The fraction of sp³-hybridized carbons (Fsp3) is 0.533. The van der Waals surface area contributed by atoms with Gasteiger partial charge in [0.05, 0.1) is 25.2 Å². The smallest absolute Gasteiger partial charge is 0.313 e. The van der Waals surface area contributed by atoms with Gasteiger partial charge < -0.3 is 29.7 Å². The molecular weight excluding hydrogens is 514 g/mol. The maximum atomic E-state index is 14.1. The number of carbonyl (C=O) groups is 4. The number of likely N-dealkylation sites (tertiary alicyclic amines) is 1. The van der Waals surface area contributed by atoms with Crippen LogP contribution >= 0.6 is 0 Å². The van der Waals surface area contributed by atoms with Crippen molar-refractivity contribution >= 4 is 23.7 Å². The third-order valence-electron chi connectivity index (χ3n) is 8.19. The molecule has 0 aliphatic carbocycles. The third kappa shape index (κ3) is 4.83. The largest absolute Gasteiger partial charge is 0.455 e. The van der Waals surface area contributed by atoms with Gasteiger partial charge in [0.2, 0.25) is 17.7 Å². The van der Waals surface area contributed by atoms with Crippen molar-refractivity contribution in [1.82, 2.24) is 15.1 Å². The lowest BCUT2D eigenvalue weighted by molar-refractivity contribution is -0.160. The van der Waals surface area contributed by atoms with Gasteiger partial charge >= 0.3 is 5.97 Å². The molecule has 4 aliphatic rings. The van der Waals surface area contributed by atoms with Gasteiger partial charge in [0, 0.05) is 25.0 Å². The Hall–Kier alpha value is -3.50. The molecule has 1 spiro atoms. The van der Waals surface area contributed by atoms with E-state index in [1.54, 1.807) is 23.1 Å². The highest BCUT2D eigenvalue weighted by atomic mass is 16.6. The van der Waals surface area contributed by atoms with Crippen LogP contribution < -0.4 is 5.32 Å². The summed E-state index contributed by atoms with van der Waals surface area (Å²) in [5, 5.41) is 12.7. The lowest BCUT2D eigenvalue weighted by Crippen LogP contribution is -2.58. The van der Waals surface area contributed by atoms with E-state index in [0.717, 1.165) is 0 Å². The Morgan fingerprint density at radius 2 is 1.82 bits per heavy atom. The van der Waals surface area contributed by atoms with Gasteiger partial charge in [-0.15, -0.1) is 0 Å². The van der Waals surface area contributed by atoms with Gasteiger partial charge in [0.1, 0.15) is 23.7 Å². The van der Waals surface area contributed by atoms with Gasteiger partial charge in [-0.2, -0.15) is 0 Å². The average molecular weight is 552 g/mol. The fourth-order valence-corrected chi connectivity index (χ4v) is 6.36. The van der Waals surface area contributed by atoms with Gasteiger partial charge in [0.25, 0.3) is 0 Å². The molecule has 0 saturated carbocycles. The predicted molar refractivity (Wildman–Crippen MR) is 144 cm³/mol. The van der Waals surface area contributed by atoms with Crippen LogP contribution in [-0.4, -0.2) is 88.1 Å². The summed E-state index contributed by atoms with van der Waals surface area (Å²) in [6.45, 7) is 5.75. The molecule has 2 fully saturated rings. The Morgan fingerprint density at radius 3 is 2.52 bits per heavy atom. The van der Waals surface area contributed by atoms with Crippen molar-refractivity contribution in [2.24, 2.45) is 11.8 Å². The number of esters is 1. The molecule has 2 saturated heterocycles. The van der Waals surface area contributed by atoms with Crippen LogP contribution in [0.1, 0.15) is 45.3 Å². The van der Waals surface area contributed by atoms with Gasteiger partial charge in [0.15, 0.2) is 0 Å². The average Bonchev–Trinajstić information content (AvgIpc) is 3.28. The number of benzene rings is 1. The van der Waals surface area contributed by atoms with Crippen molar-refractivity contribution in [2.75, 3.05) is 26.2 Å². The molecule has 40 heavy (non-hydrogen) atoms. The van der Waals surface area contributed by atoms with Gasteiger partial charge in [-0.05, 0) is 32.8 Å². The molecule has 6 atom stereocenters. The van der Waals surface area contributed by atoms with Crippen molar-refractivity contribution in [3.05, 3.63) is 60.2 Å². The van der Waals surface area contributed by atoms with Crippen LogP contribution in [0.3, 0.4) is 0 Å². The second-order valence-electron chi connectivity index (χ2n) is 11.7. The lowest BCUT2D eigenvalue weighted by Gasteiger charge is -2.40. The van der Waals surface area contributed by atoms with Crippen LogP contribution in [-0.2, 0) is 28.7 Å². The third-order valence-corrected chi connectivity index (χ3v) is 8.19. The highest BCUT2D eigenvalue weighted by Crippen LogP contribution is 2.53. The zero-order valence-corrected chi connectivity index (χ0v) is 23.1. The highest BCUT2D eigenvalue weighted by Gasteiger charge is 2.72. The lowest BCUT2D eigenvalue weighted by atomic mass is 9.77. The minimum Gasteiger partial charge on any atom is -0.455 e. The minimum absolute atomic E-state index is 0.0659. The quantitative estimate of drug-likeness (QED) is 0.431. The number of amides is 3. The zero-order chi connectivity index (χ0) is 28.7. The van der Waals surface area contributed by atoms with E-state index in [0.29, 0.717) is 18.5 Å². The fourth-order valence-electron chi connectivity index (χ4n) is 6.36. The minimum atomic E-state index is -1.42. The Morgan fingerprint density at radius 1 is 1.07 bits per heavy atom. The monoisotopic (exact) mass is 551 g/mol. The number of aliphatic hydroxyl groups is 1. The number of carbonyl (C=O) groups excluding carboxylic acids is 4. The Balaban J connectivity index is 1.59. The number of hydrogen-bond donors (Lipinski definition) is 2. The number of nitrogens with zero attached hydrogens (tertiary/aromatic N) is 2. The SMILES string of the molecule is CC(C)(C)N1CC=C[C@]23O[C@@H]4/C=C\CCC(=O)NC[C@@H](c5ccccc5)OC(=O)[C@@H]4[C@H]2C(=O)N(CCO)[C@@H]3C1=O. The van der Waals surface area contributed by atoms with Crippen LogP contribution in [0.4, 0.5) is 0 Å². The molecule has 0 unspecified atom stereocenters. The number of aliphatic hydroxyl groups excluding tert-OH is 1. The van der Waals surface area contributed by atoms with E-state index in [1.165, 1.54) is 4.90 Å². The first-order valence-electron chi connectivity index (χ1n) is 13.9. The van der Waals surface area contributed by atoms with Crippen LogP contribution in [0, 0.1) is 11.8 Å². The number of ether oxygens (including phenoxy) is 2. The number of rotatable bonds is 3. The van der Waals surface area contributed by atoms with Crippen LogP contribution in [0.2, 0.25) is 0 Å². The summed E-state index contributed by atoms with van der Waals surface area (Å²) in [5.74, 6) is -3.60. The van der Waals surface area contributed by atoms with Crippen LogP contribution in [0.15, 0.2) is 54.6 Å². The summed E-state index contributed by atoms with van der Waals surface area (Å²) in [6.07, 6.45) is 6.09. The molecule has 3 amide bonds. The number of fused-ring (bicyclic) bond motifs is 2. The Kier molecular flexibility index (Phi) is 7.58. The molecule has 10 heteroatoms. The normalized spacial score (nSPS) is 33.6. The van der Waals surface area contributed by atoms with Crippen molar-refractivity contribution in [3.8, 4) is 0 Å². The first kappa shape index (κ1) is 28.0. The van der Waals surface area contributed by atoms with E-state index in [2.05, 4.69) is 5.32 Å². The zero-order valence-electron chi connectivity index (χ0n) is 23.1. The predicted octanol–water partition coefficient (Wildman–Crippen LogP) is 1.51. The number of β-amino-alcohol motifs (C(OH)–C–C–N with tert-alkyl or cyclic N) is 1. The number of cyclic esters (lactones) is 1. The molecule has 0 radical (unpaired) electrons. The molecular formula is C30H37N3O7. The highest BCUT2D eigenvalue weighted by molar-refractivity contribution is 5.99.